The number of fused-ring (bicyclic) bond motifs is 10. The van der Waals surface area contributed by atoms with E-state index in [0.29, 0.717) is 51.5 Å². The summed E-state index contributed by atoms with van der Waals surface area (Å²) in [5, 5.41) is 22.4. The molecule has 16 atom stereocenters. The van der Waals surface area contributed by atoms with E-state index in [4.69, 9.17) is 4.11 Å². The van der Waals surface area contributed by atoms with Gasteiger partial charge in [0.2, 0.25) is 0 Å². The summed E-state index contributed by atoms with van der Waals surface area (Å²) < 4.78 is 24.9. The normalized spacial score (nSPS) is 51.3. The molecule has 56 heavy (non-hydrogen) atoms. The number of Topliss-reactive ketones (excluding diaryl/α,β-unsaturated/α-hetero) is 2. The van der Waals surface area contributed by atoms with Crippen molar-refractivity contribution in [3.8, 4) is 0 Å². The Bertz CT molecular complexity index is 1780. The molecule has 1 heterocycles. The molecule has 0 unspecified atom stereocenters. The first-order chi connectivity index (χ1) is 27.8. The molecular formula is C49H77BrN2O4. The maximum atomic E-state index is 13.4. The molecule has 1 aromatic rings. The summed E-state index contributed by atoms with van der Waals surface area (Å²) in [4.78, 5) is 29.7. The van der Waals surface area contributed by atoms with Crippen LogP contribution in [0.4, 0.5) is 0 Å². The van der Waals surface area contributed by atoms with Crippen LogP contribution in [-0.4, -0.2) is 47.9 Å². The molecule has 0 amide bonds. The maximum Gasteiger partial charge on any atom is 0.156 e. The lowest BCUT2D eigenvalue weighted by atomic mass is 9.43. The van der Waals surface area contributed by atoms with Gasteiger partial charge in [0.25, 0.3) is 0 Å². The Labute approximate surface area is 352 Å². The summed E-state index contributed by atoms with van der Waals surface area (Å²) in [7, 11) is 0. The Hall–Kier alpha value is -1.05. The van der Waals surface area contributed by atoms with Crippen molar-refractivity contribution in [1.29, 1.82) is 0 Å². The minimum atomic E-state index is -0.468. The van der Waals surface area contributed by atoms with E-state index in [1.54, 1.807) is 0 Å². The average molecular weight is 841 g/mol. The number of nitrogens with zero attached hydrogens (tertiary/aromatic N) is 2. The summed E-state index contributed by atoms with van der Waals surface area (Å²) in [6.45, 7) is 14.1. The van der Waals surface area contributed by atoms with Crippen molar-refractivity contribution in [3.05, 3.63) is 18.6 Å². The number of hydrogen-bond acceptors (Lipinski definition) is 5. The second-order valence-corrected chi connectivity index (χ2v) is 22.9. The van der Waals surface area contributed by atoms with Gasteiger partial charge in [-0.15, -0.1) is 0 Å². The van der Waals surface area contributed by atoms with Crippen LogP contribution >= 0.6 is 15.9 Å². The molecule has 2 N–H and O–H groups in total. The number of imidazole rings is 1. The van der Waals surface area contributed by atoms with Gasteiger partial charge in [-0.1, -0.05) is 57.5 Å². The Morgan fingerprint density at radius 3 is 1.55 bits per heavy atom. The highest BCUT2D eigenvalue weighted by atomic mass is 79.9. The number of halogens is 1. The van der Waals surface area contributed by atoms with Crippen molar-refractivity contribution in [2.24, 2.45) is 80.8 Å². The van der Waals surface area contributed by atoms with Gasteiger partial charge in [-0.25, -0.2) is 4.98 Å². The van der Waals surface area contributed by atoms with Crippen LogP contribution in [0, 0.1) is 80.8 Å². The molecule has 8 aliphatic rings. The highest BCUT2D eigenvalue weighted by Crippen LogP contribution is 2.70. The van der Waals surface area contributed by atoms with Gasteiger partial charge in [0.1, 0.15) is 7.15 Å². The molecule has 9 rings (SSSR count). The third-order valence-electron chi connectivity index (χ3n) is 20.6. The van der Waals surface area contributed by atoms with Gasteiger partial charge in [0, 0.05) is 24.2 Å². The van der Waals surface area contributed by atoms with Crippen LogP contribution in [0.3, 0.4) is 0 Å². The zero-order valence-corrected chi connectivity index (χ0v) is 37.4. The van der Waals surface area contributed by atoms with Crippen LogP contribution in [0.1, 0.15) is 174 Å². The predicted octanol–water partition coefficient (Wildman–Crippen LogP) is 11.0. The second-order valence-electron chi connectivity index (χ2n) is 22.3. The maximum absolute atomic E-state index is 13.4. The van der Waals surface area contributed by atoms with Gasteiger partial charge in [0.05, 0.1) is 32.1 Å². The largest absolute Gasteiger partial charge is 0.390 e. The fourth-order valence-electron chi connectivity index (χ4n) is 17.0. The SMILES string of the molecule is CC[C@@]1(O)CC[C@@]2(C)[C@@H](CC[C@@H]3[C@@H]2CC[C@]2(C)[C@@H](C(=O)CBr)CC[C@@H]32)C1.[2H]c1nc([2H])n(CC(=O)[C@H]2CC[C@H]3[C@@H]4CC[C@H]5C[C@@](O)(CC)CC[C@]5(C)[C@H]4CC[C@]23C)c1[2H]. The highest BCUT2D eigenvalue weighted by molar-refractivity contribution is 9.09. The fraction of sp³-hybridized carbons (Fsp3) is 0.898. The number of carbonyl (C=O) groups excluding carboxylic acids is 2. The smallest absolute Gasteiger partial charge is 0.156 e. The molecule has 8 saturated carbocycles. The Morgan fingerprint density at radius 2 is 1.12 bits per heavy atom. The molecule has 7 heteroatoms. The van der Waals surface area contributed by atoms with Crippen molar-refractivity contribution in [2.45, 2.75) is 188 Å². The number of aliphatic hydroxyl groups is 2. The van der Waals surface area contributed by atoms with Crippen LogP contribution in [0.2, 0.25) is 0 Å². The van der Waals surface area contributed by atoms with E-state index in [-0.39, 0.29) is 53.6 Å². The van der Waals surface area contributed by atoms with Gasteiger partial charge >= 0.3 is 0 Å². The molecule has 6 nitrogen and oxygen atoms in total. The summed E-state index contributed by atoms with van der Waals surface area (Å²) in [5.41, 5.74) is 0.104. The molecular weight excluding hydrogens is 760 g/mol. The average Bonchev–Trinajstić information content (AvgIpc) is 3.84. The molecule has 0 aromatic carbocycles. The first-order valence-electron chi connectivity index (χ1n) is 24.9. The third kappa shape index (κ3) is 6.71. The van der Waals surface area contributed by atoms with E-state index in [9.17, 15) is 19.8 Å². The van der Waals surface area contributed by atoms with Gasteiger partial charge < -0.3 is 14.8 Å². The first kappa shape index (κ1) is 37.9. The molecule has 0 saturated heterocycles. The molecule has 1 aromatic heterocycles. The van der Waals surface area contributed by atoms with Gasteiger partial charge in [-0.2, -0.15) is 0 Å². The molecule has 0 bridgehead atoms. The van der Waals surface area contributed by atoms with E-state index in [1.807, 2.05) is 0 Å². The van der Waals surface area contributed by atoms with Gasteiger partial charge in [-0.3, -0.25) is 9.59 Å². The molecule has 0 aliphatic heterocycles. The van der Waals surface area contributed by atoms with Crippen LogP contribution in [0.5, 0.6) is 0 Å². The number of rotatable bonds is 7. The summed E-state index contributed by atoms with van der Waals surface area (Å²) in [6, 6.07) is 0. The zero-order chi connectivity index (χ0) is 42.5. The van der Waals surface area contributed by atoms with Crippen molar-refractivity contribution in [3.63, 3.8) is 0 Å². The Morgan fingerprint density at radius 1 is 0.661 bits per heavy atom. The van der Waals surface area contributed by atoms with Crippen LogP contribution < -0.4 is 0 Å². The van der Waals surface area contributed by atoms with E-state index in [0.717, 1.165) is 88.4 Å². The predicted molar refractivity (Wildman–Crippen MR) is 227 cm³/mol. The molecule has 0 radical (unpaired) electrons. The standard InChI is InChI=1S/C26H40N2O2.C23H37BrO2/c1-4-26(30)12-11-24(2)18(15-26)5-6-19-20-7-8-22(25(20,3)10-9-21(19)24)23(29)16-28-14-13-27-17-28;1-4-23(26)12-11-21(2)15(13-23)5-6-16-17-7-8-19(20(25)14-24)22(17,3)10-9-18(16)21/h13-14,17-22,30H,4-12,15-16H2,1-3H3;15-19,26H,4-14H2,1-3H3/t18-,19-,20-,21-,22+,24-,25-,26+;15-,16-,17-,18-,19+,21-,22-,23+/m00/s1/i13D,14D,17D;. The lowest BCUT2D eigenvalue weighted by Crippen LogP contribution is -2.56. The summed E-state index contributed by atoms with van der Waals surface area (Å²) in [5.74, 6) is 6.45. The number of aromatic nitrogens is 2. The summed E-state index contributed by atoms with van der Waals surface area (Å²) in [6.07, 6.45) is 21.7. The van der Waals surface area contributed by atoms with Crippen molar-refractivity contribution >= 4 is 27.5 Å². The van der Waals surface area contributed by atoms with Crippen LogP contribution in [0.25, 0.3) is 0 Å². The highest BCUT2D eigenvalue weighted by Gasteiger charge is 2.63. The minimum absolute atomic E-state index is 0.00000825. The fourth-order valence-corrected chi connectivity index (χ4v) is 17.4. The van der Waals surface area contributed by atoms with Gasteiger partial charge in [0.15, 0.2) is 5.78 Å². The lowest BCUT2D eigenvalue weighted by Gasteiger charge is -2.62. The monoisotopic (exact) mass is 840 g/mol. The molecule has 8 aliphatic carbocycles. The van der Waals surface area contributed by atoms with Crippen molar-refractivity contribution < 1.29 is 23.9 Å². The number of hydrogen-bond donors (Lipinski definition) is 2. The third-order valence-corrected chi connectivity index (χ3v) is 21.1. The topological polar surface area (TPSA) is 92.4 Å². The number of ketones is 2. The van der Waals surface area contributed by atoms with Crippen molar-refractivity contribution in [1.82, 2.24) is 9.55 Å². The number of alkyl halides is 1. The molecule has 314 valence electrons. The summed E-state index contributed by atoms with van der Waals surface area (Å²) >= 11 is 3.43. The quantitative estimate of drug-likeness (QED) is 0.267. The van der Waals surface area contributed by atoms with Crippen LogP contribution in [0.15, 0.2) is 18.6 Å². The van der Waals surface area contributed by atoms with E-state index >= 15 is 0 Å². The molecule has 8 fully saturated rings. The van der Waals surface area contributed by atoms with E-state index in [2.05, 4.69) is 62.5 Å². The number of carbonyl (C=O) groups is 2. The minimum Gasteiger partial charge on any atom is -0.390 e. The van der Waals surface area contributed by atoms with Gasteiger partial charge in [-0.05, 0) is 197 Å². The zero-order valence-electron chi connectivity index (χ0n) is 38.8. The first-order valence-corrected chi connectivity index (χ1v) is 24.5. The van der Waals surface area contributed by atoms with E-state index in [1.165, 1.54) is 62.4 Å². The van der Waals surface area contributed by atoms with E-state index < -0.39 is 11.2 Å². The molecule has 0 spiro atoms. The lowest BCUT2D eigenvalue weighted by molar-refractivity contribution is -0.154. The van der Waals surface area contributed by atoms with Crippen molar-refractivity contribution in [2.75, 3.05) is 5.33 Å². The second kappa shape index (κ2) is 15.1. The van der Waals surface area contributed by atoms with Crippen LogP contribution in [-0.2, 0) is 16.1 Å². The Kier molecular flexibility index (Phi) is 10.3. The Balaban J connectivity index is 0.000000169.